The highest BCUT2D eigenvalue weighted by Gasteiger charge is 2.21. The Morgan fingerprint density at radius 3 is 2.88 bits per heavy atom. The van der Waals surface area contributed by atoms with E-state index in [-0.39, 0.29) is 0 Å². The van der Waals surface area contributed by atoms with Gasteiger partial charge in [-0.2, -0.15) is 0 Å². The van der Waals surface area contributed by atoms with E-state index < -0.39 is 0 Å². The lowest BCUT2D eigenvalue weighted by molar-refractivity contribution is 0.311. The Morgan fingerprint density at radius 1 is 1.24 bits per heavy atom. The SMILES string of the molecule is CN1CCN(c2nccc3c2CCNC3)CC1. The maximum Gasteiger partial charge on any atom is 0.132 e. The van der Waals surface area contributed by atoms with Crippen LogP contribution >= 0.6 is 0 Å². The quantitative estimate of drug-likeness (QED) is 0.763. The van der Waals surface area contributed by atoms with Gasteiger partial charge in [-0.3, -0.25) is 0 Å². The Morgan fingerprint density at radius 2 is 2.06 bits per heavy atom. The maximum atomic E-state index is 4.62. The highest BCUT2D eigenvalue weighted by atomic mass is 15.3. The van der Waals surface area contributed by atoms with Gasteiger partial charge >= 0.3 is 0 Å². The van der Waals surface area contributed by atoms with Crippen LogP contribution in [0.5, 0.6) is 0 Å². The molecule has 3 heterocycles. The number of piperazine rings is 1. The average molecular weight is 232 g/mol. The minimum Gasteiger partial charge on any atom is -0.354 e. The number of pyridine rings is 1. The Balaban J connectivity index is 1.87. The molecule has 0 unspecified atom stereocenters. The zero-order valence-corrected chi connectivity index (χ0v) is 10.4. The number of fused-ring (bicyclic) bond motifs is 1. The molecule has 92 valence electrons. The summed E-state index contributed by atoms with van der Waals surface area (Å²) >= 11 is 0. The zero-order chi connectivity index (χ0) is 11.7. The topological polar surface area (TPSA) is 31.4 Å². The fraction of sp³-hybridized carbons (Fsp3) is 0.615. The van der Waals surface area contributed by atoms with Gasteiger partial charge in [0, 0.05) is 44.5 Å². The van der Waals surface area contributed by atoms with Crippen LogP contribution in [0.15, 0.2) is 12.3 Å². The summed E-state index contributed by atoms with van der Waals surface area (Å²) in [6.07, 6.45) is 3.07. The molecule has 0 radical (unpaired) electrons. The van der Waals surface area contributed by atoms with Gasteiger partial charge in [0.1, 0.15) is 5.82 Å². The van der Waals surface area contributed by atoms with E-state index in [4.69, 9.17) is 0 Å². The first kappa shape index (κ1) is 11.0. The van der Waals surface area contributed by atoms with Gasteiger partial charge in [-0.05, 0) is 31.6 Å². The zero-order valence-electron chi connectivity index (χ0n) is 10.4. The van der Waals surface area contributed by atoms with Crippen LogP contribution in [0.4, 0.5) is 5.82 Å². The van der Waals surface area contributed by atoms with Gasteiger partial charge in [-0.25, -0.2) is 4.98 Å². The maximum absolute atomic E-state index is 4.62. The third-order valence-corrected chi connectivity index (χ3v) is 3.80. The highest BCUT2D eigenvalue weighted by Crippen LogP contribution is 2.24. The summed E-state index contributed by atoms with van der Waals surface area (Å²) in [7, 11) is 2.19. The van der Waals surface area contributed by atoms with Crippen LogP contribution in [0.2, 0.25) is 0 Å². The molecule has 0 amide bonds. The van der Waals surface area contributed by atoms with E-state index in [0.717, 1.165) is 45.7 Å². The predicted octanol–water partition coefficient (Wildman–Crippen LogP) is 0.479. The molecule has 1 aromatic rings. The van der Waals surface area contributed by atoms with Gasteiger partial charge in [0.05, 0.1) is 0 Å². The molecule has 4 nitrogen and oxygen atoms in total. The average Bonchev–Trinajstić information content (AvgIpc) is 2.39. The number of nitrogens with one attached hydrogen (secondary N) is 1. The molecule has 0 saturated carbocycles. The number of hydrogen-bond donors (Lipinski definition) is 1. The first-order valence-electron chi connectivity index (χ1n) is 6.45. The van der Waals surface area contributed by atoms with Crippen molar-refractivity contribution in [2.24, 2.45) is 0 Å². The monoisotopic (exact) mass is 232 g/mol. The smallest absolute Gasteiger partial charge is 0.132 e. The lowest BCUT2D eigenvalue weighted by Crippen LogP contribution is -2.45. The molecular formula is C13H20N4. The summed E-state index contributed by atoms with van der Waals surface area (Å²) in [6, 6.07) is 2.15. The molecule has 2 aliphatic heterocycles. The Bertz CT molecular complexity index is 396. The van der Waals surface area contributed by atoms with Crippen molar-refractivity contribution in [1.82, 2.24) is 15.2 Å². The molecule has 0 atom stereocenters. The van der Waals surface area contributed by atoms with E-state index in [1.807, 2.05) is 6.20 Å². The first-order chi connectivity index (χ1) is 8.34. The highest BCUT2D eigenvalue weighted by molar-refractivity contribution is 5.52. The van der Waals surface area contributed by atoms with Gasteiger partial charge in [0.25, 0.3) is 0 Å². The Kier molecular flexibility index (Phi) is 2.99. The van der Waals surface area contributed by atoms with Gasteiger partial charge in [0.2, 0.25) is 0 Å². The van der Waals surface area contributed by atoms with Crippen molar-refractivity contribution in [3.8, 4) is 0 Å². The summed E-state index contributed by atoms with van der Waals surface area (Å²) in [5.41, 5.74) is 2.90. The van der Waals surface area contributed by atoms with Crippen LogP contribution in [0.3, 0.4) is 0 Å². The molecule has 0 aromatic carbocycles. The summed E-state index contributed by atoms with van der Waals surface area (Å²) in [6.45, 7) is 6.58. The molecule has 0 aliphatic carbocycles. The van der Waals surface area contributed by atoms with E-state index in [1.54, 1.807) is 0 Å². The summed E-state index contributed by atoms with van der Waals surface area (Å²) in [4.78, 5) is 9.45. The van der Waals surface area contributed by atoms with Gasteiger partial charge in [-0.15, -0.1) is 0 Å². The van der Waals surface area contributed by atoms with Crippen LogP contribution < -0.4 is 10.2 Å². The third kappa shape index (κ3) is 2.15. The van der Waals surface area contributed by atoms with Crippen LogP contribution in [-0.2, 0) is 13.0 Å². The number of aromatic nitrogens is 1. The van der Waals surface area contributed by atoms with Crippen LogP contribution in [-0.4, -0.2) is 49.7 Å². The second-order valence-corrected chi connectivity index (χ2v) is 4.99. The van der Waals surface area contributed by atoms with Gasteiger partial charge in [-0.1, -0.05) is 0 Å². The van der Waals surface area contributed by atoms with E-state index in [9.17, 15) is 0 Å². The minimum absolute atomic E-state index is 0.999. The lowest BCUT2D eigenvalue weighted by atomic mass is 10.0. The second kappa shape index (κ2) is 4.63. The molecule has 3 rings (SSSR count). The molecule has 17 heavy (non-hydrogen) atoms. The molecule has 4 heteroatoms. The molecular weight excluding hydrogens is 212 g/mol. The number of rotatable bonds is 1. The number of hydrogen-bond acceptors (Lipinski definition) is 4. The molecule has 1 N–H and O–H groups in total. The van der Waals surface area contributed by atoms with E-state index in [1.165, 1.54) is 16.9 Å². The Labute approximate surface area is 103 Å². The van der Waals surface area contributed by atoms with Crippen molar-refractivity contribution >= 4 is 5.82 Å². The first-order valence-corrected chi connectivity index (χ1v) is 6.45. The summed E-state index contributed by atoms with van der Waals surface area (Å²) in [5.74, 6) is 1.23. The van der Waals surface area contributed by atoms with Crippen LogP contribution in [0.25, 0.3) is 0 Å². The van der Waals surface area contributed by atoms with Crippen molar-refractivity contribution in [3.05, 3.63) is 23.4 Å². The molecule has 2 aliphatic rings. The molecule has 1 saturated heterocycles. The van der Waals surface area contributed by atoms with Crippen molar-refractivity contribution in [2.45, 2.75) is 13.0 Å². The molecule has 0 spiro atoms. The fourth-order valence-corrected chi connectivity index (χ4v) is 2.69. The van der Waals surface area contributed by atoms with E-state index in [2.05, 4.69) is 33.2 Å². The van der Waals surface area contributed by atoms with E-state index >= 15 is 0 Å². The van der Waals surface area contributed by atoms with Crippen molar-refractivity contribution in [3.63, 3.8) is 0 Å². The largest absolute Gasteiger partial charge is 0.354 e. The molecule has 0 bridgehead atoms. The minimum atomic E-state index is 0.999. The fourth-order valence-electron chi connectivity index (χ4n) is 2.69. The summed E-state index contributed by atoms with van der Waals surface area (Å²) < 4.78 is 0. The van der Waals surface area contributed by atoms with E-state index in [0.29, 0.717) is 0 Å². The number of anilines is 1. The van der Waals surface area contributed by atoms with Crippen LogP contribution in [0.1, 0.15) is 11.1 Å². The van der Waals surface area contributed by atoms with Crippen molar-refractivity contribution in [1.29, 1.82) is 0 Å². The van der Waals surface area contributed by atoms with Crippen LogP contribution in [0, 0.1) is 0 Å². The standard InChI is InChI=1S/C13H20N4/c1-16-6-8-17(9-7-16)13-12-3-4-14-10-11(12)2-5-15-13/h2,5,14H,3-4,6-10H2,1H3. The predicted molar refractivity (Wildman–Crippen MR) is 69.4 cm³/mol. The number of nitrogens with zero attached hydrogens (tertiary/aromatic N) is 3. The second-order valence-electron chi connectivity index (χ2n) is 4.99. The Hall–Kier alpha value is -1.13. The molecule has 1 fully saturated rings. The normalized spacial score (nSPS) is 21.4. The van der Waals surface area contributed by atoms with Gasteiger partial charge in [0.15, 0.2) is 0 Å². The van der Waals surface area contributed by atoms with Gasteiger partial charge < -0.3 is 15.1 Å². The summed E-state index contributed by atoms with van der Waals surface area (Å²) in [5, 5.41) is 3.42. The van der Waals surface area contributed by atoms with Crippen molar-refractivity contribution < 1.29 is 0 Å². The lowest BCUT2D eigenvalue weighted by Gasteiger charge is -2.35. The number of likely N-dealkylation sites (N-methyl/N-ethyl adjacent to an activating group) is 1. The third-order valence-electron chi connectivity index (χ3n) is 3.80. The molecule has 1 aromatic heterocycles. The van der Waals surface area contributed by atoms with Crippen molar-refractivity contribution in [2.75, 3.05) is 44.7 Å².